The molecule has 1 aromatic carbocycles. The number of hydrogen-bond acceptors (Lipinski definition) is 5. The first kappa shape index (κ1) is 17.9. The minimum absolute atomic E-state index is 0.397. The molecule has 0 unspecified atom stereocenters. The van der Waals surface area contributed by atoms with Crippen molar-refractivity contribution in [1.82, 2.24) is 30.5 Å². The Balaban J connectivity index is 1.65. The highest BCUT2D eigenvalue weighted by atomic mass is 16.6. The summed E-state index contributed by atoms with van der Waals surface area (Å²) in [5.74, 6) is 0.690. The minimum Gasteiger partial charge on any atom is -0.444 e. The van der Waals surface area contributed by atoms with E-state index in [1.54, 1.807) is 7.05 Å². The highest BCUT2D eigenvalue weighted by molar-refractivity contribution is 5.84. The normalized spacial score (nSPS) is 11.7. The number of carbonyl (C=O) groups is 1. The first-order chi connectivity index (χ1) is 12.3. The lowest BCUT2D eigenvalue weighted by atomic mass is 10.1. The van der Waals surface area contributed by atoms with Crippen LogP contribution in [0.1, 0.15) is 37.7 Å². The van der Waals surface area contributed by atoms with Crippen molar-refractivity contribution in [3.05, 3.63) is 41.3 Å². The lowest BCUT2D eigenvalue weighted by molar-refractivity contribution is 0.0528. The average molecular weight is 356 g/mol. The summed E-state index contributed by atoms with van der Waals surface area (Å²) in [6.45, 7) is 6.05. The maximum Gasteiger partial charge on any atom is 0.407 e. The van der Waals surface area contributed by atoms with Gasteiger partial charge < -0.3 is 15.0 Å². The van der Waals surface area contributed by atoms with Crippen molar-refractivity contribution in [2.75, 3.05) is 6.54 Å². The van der Waals surface area contributed by atoms with Gasteiger partial charge in [0.15, 0.2) is 5.82 Å². The van der Waals surface area contributed by atoms with Gasteiger partial charge in [0.05, 0.1) is 7.05 Å². The number of rotatable bonds is 5. The molecule has 2 heterocycles. The molecule has 8 nitrogen and oxygen atoms in total. The van der Waals surface area contributed by atoms with Crippen LogP contribution in [0.4, 0.5) is 4.79 Å². The number of amides is 1. The summed E-state index contributed by atoms with van der Waals surface area (Å²) in [4.78, 5) is 16.5. The van der Waals surface area contributed by atoms with Crippen molar-refractivity contribution < 1.29 is 9.53 Å². The Morgan fingerprint density at radius 1 is 1.35 bits per heavy atom. The molecule has 0 aliphatic carbocycles. The highest BCUT2D eigenvalue weighted by Crippen LogP contribution is 2.21. The number of benzene rings is 1. The van der Waals surface area contributed by atoms with Gasteiger partial charge in [0.2, 0.25) is 0 Å². The SMILES string of the molecule is Cn1nnc(Cc2ccc3[nH]cc(CCNC(=O)OC(C)(C)C)c3c2)n1. The predicted octanol–water partition coefficient (Wildman–Crippen LogP) is 2.35. The zero-order valence-corrected chi connectivity index (χ0v) is 15.5. The van der Waals surface area contributed by atoms with E-state index in [0.717, 1.165) is 22.0 Å². The van der Waals surface area contributed by atoms with Gasteiger partial charge >= 0.3 is 6.09 Å². The Morgan fingerprint density at radius 3 is 2.85 bits per heavy atom. The molecule has 138 valence electrons. The van der Waals surface area contributed by atoms with E-state index in [4.69, 9.17) is 4.74 Å². The zero-order chi connectivity index (χ0) is 18.7. The smallest absolute Gasteiger partial charge is 0.407 e. The van der Waals surface area contributed by atoms with Crippen LogP contribution in [0.25, 0.3) is 10.9 Å². The van der Waals surface area contributed by atoms with Crippen molar-refractivity contribution in [2.45, 2.75) is 39.2 Å². The van der Waals surface area contributed by atoms with Gasteiger partial charge in [-0.05, 0) is 55.7 Å². The number of nitrogens with one attached hydrogen (secondary N) is 2. The summed E-state index contributed by atoms with van der Waals surface area (Å²) >= 11 is 0. The van der Waals surface area contributed by atoms with Crippen molar-refractivity contribution in [1.29, 1.82) is 0 Å². The second-order valence-electron chi connectivity index (χ2n) is 7.24. The maximum atomic E-state index is 11.7. The fourth-order valence-corrected chi connectivity index (χ4v) is 2.73. The maximum absolute atomic E-state index is 11.7. The molecule has 3 rings (SSSR count). The first-order valence-corrected chi connectivity index (χ1v) is 8.59. The number of aryl methyl sites for hydroxylation is 1. The topological polar surface area (TPSA) is 97.7 Å². The molecule has 0 aliphatic heterocycles. The third-order valence-electron chi connectivity index (χ3n) is 3.81. The molecule has 1 amide bonds. The van der Waals surface area contributed by atoms with E-state index in [1.165, 1.54) is 4.80 Å². The van der Waals surface area contributed by atoms with E-state index in [9.17, 15) is 4.79 Å². The van der Waals surface area contributed by atoms with Crippen LogP contribution in [0, 0.1) is 0 Å². The van der Waals surface area contributed by atoms with E-state index in [1.807, 2.05) is 33.0 Å². The Labute approximate surface area is 151 Å². The van der Waals surface area contributed by atoms with Crippen LogP contribution in [0.5, 0.6) is 0 Å². The van der Waals surface area contributed by atoms with Gasteiger partial charge in [0.1, 0.15) is 5.60 Å². The molecule has 0 saturated carbocycles. The monoisotopic (exact) mass is 356 g/mol. The molecular weight excluding hydrogens is 332 g/mol. The summed E-state index contributed by atoms with van der Waals surface area (Å²) in [7, 11) is 1.75. The summed E-state index contributed by atoms with van der Waals surface area (Å²) in [5, 5.41) is 16.0. The molecule has 3 aromatic rings. The molecule has 2 N–H and O–H groups in total. The van der Waals surface area contributed by atoms with E-state index >= 15 is 0 Å². The number of ether oxygens (including phenoxy) is 1. The van der Waals surface area contributed by atoms with Gasteiger partial charge in [-0.1, -0.05) is 6.07 Å². The zero-order valence-electron chi connectivity index (χ0n) is 15.5. The van der Waals surface area contributed by atoms with E-state index < -0.39 is 11.7 Å². The molecule has 26 heavy (non-hydrogen) atoms. The lowest BCUT2D eigenvalue weighted by Gasteiger charge is -2.19. The van der Waals surface area contributed by atoms with Crippen molar-refractivity contribution >= 4 is 17.0 Å². The average Bonchev–Trinajstić information content (AvgIpc) is 3.12. The Hall–Kier alpha value is -2.90. The third kappa shape index (κ3) is 4.59. The van der Waals surface area contributed by atoms with Crippen molar-refractivity contribution in [3.8, 4) is 0 Å². The number of aromatic nitrogens is 5. The molecular formula is C18H24N6O2. The Morgan fingerprint density at radius 2 is 2.15 bits per heavy atom. The number of nitrogens with zero attached hydrogens (tertiary/aromatic N) is 4. The molecule has 0 spiro atoms. The van der Waals surface area contributed by atoms with Crippen LogP contribution in [0.15, 0.2) is 24.4 Å². The fraction of sp³-hybridized carbons (Fsp3) is 0.444. The van der Waals surface area contributed by atoms with Crippen LogP contribution in [0.2, 0.25) is 0 Å². The molecule has 0 saturated heterocycles. The van der Waals surface area contributed by atoms with Crippen LogP contribution in [0.3, 0.4) is 0 Å². The number of tetrazole rings is 1. The van der Waals surface area contributed by atoms with Crippen molar-refractivity contribution in [3.63, 3.8) is 0 Å². The molecule has 0 fully saturated rings. The van der Waals surface area contributed by atoms with Crippen LogP contribution >= 0.6 is 0 Å². The van der Waals surface area contributed by atoms with Gasteiger partial charge in [-0.3, -0.25) is 0 Å². The van der Waals surface area contributed by atoms with Gasteiger partial charge in [0.25, 0.3) is 0 Å². The second-order valence-corrected chi connectivity index (χ2v) is 7.24. The minimum atomic E-state index is -0.492. The largest absolute Gasteiger partial charge is 0.444 e. The van der Waals surface area contributed by atoms with E-state index in [0.29, 0.717) is 25.2 Å². The molecule has 0 aliphatic rings. The van der Waals surface area contributed by atoms with Crippen LogP contribution < -0.4 is 5.32 Å². The highest BCUT2D eigenvalue weighted by Gasteiger charge is 2.15. The molecule has 0 radical (unpaired) electrons. The Bertz CT molecular complexity index is 906. The Kier molecular flexibility index (Phi) is 4.92. The van der Waals surface area contributed by atoms with E-state index in [-0.39, 0.29) is 0 Å². The summed E-state index contributed by atoms with van der Waals surface area (Å²) in [6, 6.07) is 6.23. The van der Waals surface area contributed by atoms with Crippen LogP contribution in [-0.4, -0.2) is 43.4 Å². The number of hydrogen-bond donors (Lipinski definition) is 2. The molecule has 8 heteroatoms. The molecule has 0 bridgehead atoms. The van der Waals surface area contributed by atoms with Crippen molar-refractivity contribution in [2.24, 2.45) is 7.05 Å². The lowest BCUT2D eigenvalue weighted by Crippen LogP contribution is -2.33. The number of H-pyrrole nitrogens is 1. The van der Waals surface area contributed by atoms with Gasteiger partial charge in [-0.2, -0.15) is 4.80 Å². The summed E-state index contributed by atoms with van der Waals surface area (Å²) < 4.78 is 5.25. The summed E-state index contributed by atoms with van der Waals surface area (Å²) in [5.41, 5.74) is 2.83. The summed E-state index contributed by atoms with van der Waals surface area (Å²) in [6.07, 6.45) is 2.93. The van der Waals surface area contributed by atoms with E-state index in [2.05, 4.69) is 37.8 Å². The number of aromatic amines is 1. The fourth-order valence-electron chi connectivity index (χ4n) is 2.73. The quantitative estimate of drug-likeness (QED) is 0.731. The number of alkyl carbamates (subject to hydrolysis) is 1. The standard InChI is InChI=1S/C18H24N6O2/c1-18(2,3)26-17(25)19-8-7-13-11-20-15-6-5-12(9-14(13)15)10-16-21-23-24(4)22-16/h5-6,9,11,20H,7-8,10H2,1-4H3,(H,19,25). The predicted molar refractivity (Wildman–Crippen MR) is 97.8 cm³/mol. The van der Waals surface area contributed by atoms with Gasteiger partial charge in [-0.25, -0.2) is 4.79 Å². The van der Waals surface area contributed by atoms with Gasteiger partial charge in [0, 0.05) is 30.1 Å². The third-order valence-corrected chi connectivity index (χ3v) is 3.81. The second kappa shape index (κ2) is 7.15. The molecule has 2 aromatic heterocycles. The number of fused-ring (bicyclic) bond motifs is 1. The van der Waals surface area contributed by atoms with Crippen LogP contribution in [-0.2, 0) is 24.6 Å². The van der Waals surface area contributed by atoms with Gasteiger partial charge in [-0.15, -0.1) is 10.2 Å². The number of carbonyl (C=O) groups excluding carboxylic acids is 1. The molecule has 0 atom stereocenters. The first-order valence-electron chi connectivity index (χ1n) is 8.59.